The molecule has 1 unspecified atom stereocenters. The second-order valence-electron chi connectivity index (χ2n) is 7.40. The summed E-state index contributed by atoms with van der Waals surface area (Å²) in [5.41, 5.74) is -3.23. The molecule has 7 nitrogen and oxygen atoms in total. The highest BCUT2D eigenvalue weighted by atomic mass is 19.4. The zero-order valence-electron chi connectivity index (χ0n) is 17.4. The van der Waals surface area contributed by atoms with Gasteiger partial charge in [0.2, 0.25) is 5.60 Å². The van der Waals surface area contributed by atoms with Crippen molar-refractivity contribution in [3.63, 3.8) is 0 Å². The van der Waals surface area contributed by atoms with Crippen LogP contribution in [0, 0.1) is 11.6 Å². The van der Waals surface area contributed by atoms with Crippen molar-refractivity contribution < 1.29 is 35.9 Å². The Kier molecular flexibility index (Phi) is 5.86. The van der Waals surface area contributed by atoms with Crippen molar-refractivity contribution in [2.45, 2.75) is 31.7 Å². The number of nitrogens with zero attached hydrogens (tertiary/aromatic N) is 2. The van der Waals surface area contributed by atoms with E-state index in [2.05, 4.69) is 15.5 Å². The normalized spacial score (nSPS) is 13.7. The lowest BCUT2D eigenvalue weighted by Crippen LogP contribution is -2.42. The van der Waals surface area contributed by atoms with Gasteiger partial charge in [0.25, 0.3) is 5.89 Å². The average Bonchev–Trinajstić information content (AvgIpc) is 3.26. The predicted molar refractivity (Wildman–Crippen MR) is 110 cm³/mol. The van der Waals surface area contributed by atoms with E-state index in [0.717, 1.165) is 19.1 Å². The molecule has 1 atom stereocenters. The molecule has 2 N–H and O–H groups in total. The maximum Gasteiger partial charge on any atom is 0.426 e. The Morgan fingerprint density at radius 1 is 1.03 bits per heavy atom. The Bertz CT molecular complexity index is 1400. The number of anilines is 1. The van der Waals surface area contributed by atoms with Crippen LogP contribution in [0.3, 0.4) is 0 Å². The smallest absolute Gasteiger partial charge is 0.423 e. The molecule has 2 heterocycles. The van der Waals surface area contributed by atoms with Gasteiger partial charge in [-0.25, -0.2) is 13.6 Å². The van der Waals surface area contributed by atoms with Gasteiger partial charge in [-0.1, -0.05) is 24.2 Å². The van der Waals surface area contributed by atoms with E-state index in [1.54, 1.807) is 0 Å². The van der Waals surface area contributed by atoms with Gasteiger partial charge in [0.1, 0.15) is 17.2 Å². The molecule has 34 heavy (non-hydrogen) atoms. The van der Waals surface area contributed by atoms with Gasteiger partial charge in [-0.2, -0.15) is 13.2 Å². The average molecular weight is 481 g/mol. The lowest BCUT2D eigenvalue weighted by atomic mass is 10.0. The highest BCUT2D eigenvalue weighted by Gasteiger charge is 2.57. The van der Waals surface area contributed by atoms with Crippen LogP contribution in [0.1, 0.15) is 24.8 Å². The molecule has 12 heteroatoms. The molecule has 178 valence electrons. The zero-order chi connectivity index (χ0) is 24.7. The first-order valence-electron chi connectivity index (χ1n) is 9.91. The maximum atomic E-state index is 14.8. The summed E-state index contributed by atoms with van der Waals surface area (Å²) in [7, 11) is 0. The van der Waals surface area contributed by atoms with Crippen molar-refractivity contribution >= 4 is 17.0 Å². The van der Waals surface area contributed by atoms with Crippen molar-refractivity contribution in [1.29, 1.82) is 0 Å². The minimum atomic E-state index is -5.05. The van der Waals surface area contributed by atoms with Crippen LogP contribution >= 0.6 is 0 Å². The number of hydrogen-bond donors (Lipinski definition) is 2. The van der Waals surface area contributed by atoms with Crippen LogP contribution in [0.5, 0.6) is 0 Å². The van der Waals surface area contributed by atoms with Gasteiger partial charge in [-0.3, -0.25) is 0 Å². The third kappa shape index (κ3) is 4.23. The summed E-state index contributed by atoms with van der Waals surface area (Å²) in [6.07, 6.45) is -5.80. The Labute approximate surface area is 187 Å². The summed E-state index contributed by atoms with van der Waals surface area (Å²) in [6.45, 7) is 0.785. The SMILES string of the molecule is CCC(O)(c1nnc(NCc2cc3oc(=O)cc(-c4ccc(F)cc4)c3cc2F)o1)C(F)(F)F. The predicted octanol–water partition coefficient (Wildman–Crippen LogP) is 4.89. The van der Waals surface area contributed by atoms with Gasteiger partial charge in [0.15, 0.2) is 0 Å². The number of fused-ring (bicyclic) bond motifs is 1. The van der Waals surface area contributed by atoms with Gasteiger partial charge in [0.05, 0.1) is 0 Å². The van der Waals surface area contributed by atoms with E-state index in [-0.39, 0.29) is 23.1 Å². The molecule has 0 fully saturated rings. The number of halogens is 5. The Balaban J connectivity index is 1.63. The van der Waals surface area contributed by atoms with Crippen molar-refractivity contribution in [2.75, 3.05) is 5.32 Å². The fourth-order valence-electron chi connectivity index (χ4n) is 3.33. The first-order chi connectivity index (χ1) is 16.0. The molecule has 0 aliphatic carbocycles. The fraction of sp³-hybridized carbons (Fsp3) is 0.227. The number of benzene rings is 2. The quantitative estimate of drug-likeness (QED) is 0.299. The van der Waals surface area contributed by atoms with E-state index in [4.69, 9.17) is 8.83 Å². The molecule has 0 amide bonds. The molecule has 4 aromatic rings. The lowest BCUT2D eigenvalue weighted by Gasteiger charge is -2.25. The van der Waals surface area contributed by atoms with Crippen molar-refractivity contribution in [3.05, 3.63) is 76.0 Å². The molecule has 0 aliphatic rings. The summed E-state index contributed by atoms with van der Waals surface area (Å²) in [4.78, 5) is 12.0. The Hall–Kier alpha value is -3.80. The second-order valence-corrected chi connectivity index (χ2v) is 7.40. The topological polar surface area (TPSA) is 101 Å². The highest BCUT2D eigenvalue weighted by molar-refractivity contribution is 5.93. The second kappa shape index (κ2) is 8.52. The van der Waals surface area contributed by atoms with E-state index in [9.17, 15) is 31.9 Å². The van der Waals surface area contributed by atoms with E-state index in [1.807, 2.05) is 0 Å². The number of nitrogens with one attached hydrogen (secondary N) is 1. The van der Waals surface area contributed by atoms with Crippen LogP contribution in [0.15, 0.2) is 56.1 Å². The van der Waals surface area contributed by atoms with E-state index in [0.29, 0.717) is 11.1 Å². The lowest BCUT2D eigenvalue weighted by molar-refractivity contribution is -0.275. The molecule has 0 spiro atoms. The molecule has 0 aliphatic heterocycles. The van der Waals surface area contributed by atoms with Crippen LogP contribution in [-0.4, -0.2) is 21.5 Å². The molecule has 0 radical (unpaired) electrons. The van der Waals surface area contributed by atoms with Crippen LogP contribution in [0.25, 0.3) is 22.1 Å². The summed E-state index contributed by atoms with van der Waals surface area (Å²) in [5.74, 6) is -2.26. The minimum absolute atomic E-state index is 0.0202. The van der Waals surface area contributed by atoms with Gasteiger partial charge in [-0.15, -0.1) is 5.10 Å². The van der Waals surface area contributed by atoms with Crippen molar-refractivity contribution in [1.82, 2.24) is 10.2 Å². The molecule has 2 aromatic carbocycles. The molecule has 2 aromatic heterocycles. The molecule has 4 rings (SSSR count). The van der Waals surface area contributed by atoms with Crippen molar-refractivity contribution in [2.24, 2.45) is 0 Å². The molecule has 0 saturated carbocycles. The largest absolute Gasteiger partial charge is 0.426 e. The van der Waals surface area contributed by atoms with E-state index in [1.165, 1.54) is 30.3 Å². The fourth-order valence-corrected chi connectivity index (χ4v) is 3.33. The first kappa shape index (κ1) is 23.4. The number of alkyl halides is 3. The monoisotopic (exact) mass is 481 g/mol. The third-order valence-corrected chi connectivity index (χ3v) is 5.26. The van der Waals surface area contributed by atoms with E-state index >= 15 is 0 Å². The Morgan fingerprint density at radius 2 is 1.74 bits per heavy atom. The number of hydrogen-bond acceptors (Lipinski definition) is 7. The summed E-state index contributed by atoms with van der Waals surface area (Å²) >= 11 is 0. The van der Waals surface area contributed by atoms with E-state index < -0.39 is 47.4 Å². The third-order valence-electron chi connectivity index (χ3n) is 5.26. The molecule has 0 bridgehead atoms. The van der Waals surface area contributed by atoms with Crippen LogP contribution in [0.4, 0.5) is 28.0 Å². The first-order valence-corrected chi connectivity index (χ1v) is 9.91. The molecular weight excluding hydrogens is 465 g/mol. The summed E-state index contributed by atoms with van der Waals surface area (Å²) < 4.78 is 77.6. The van der Waals surface area contributed by atoms with Gasteiger partial charge >= 0.3 is 17.8 Å². The van der Waals surface area contributed by atoms with Crippen LogP contribution < -0.4 is 10.9 Å². The van der Waals surface area contributed by atoms with Crippen LogP contribution in [-0.2, 0) is 12.1 Å². The molecule has 0 saturated heterocycles. The number of aromatic nitrogens is 2. The summed E-state index contributed by atoms with van der Waals surface area (Å²) in [6, 6.07) is 8.29. The number of rotatable bonds is 6. The van der Waals surface area contributed by atoms with Crippen LogP contribution in [0.2, 0.25) is 0 Å². The Morgan fingerprint density at radius 3 is 2.38 bits per heavy atom. The van der Waals surface area contributed by atoms with Gasteiger partial charge < -0.3 is 19.3 Å². The standard InChI is InChI=1S/C22H16F5N3O4/c1-2-21(32,22(25,26)27)19-29-30-20(34-19)28-10-12-7-17-15(8-16(12)24)14(9-18(31)33-17)11-3-5-13(23)6-4-11/h3-9,32H,2,10H2,1H3,(H,28,30). The van der Waals surface area contributed by atoms with Gasteiger partial charge in [-0.05, 0) is 41.8 Å². The molecular formula is C22H16F5N3O4. The summed E-state index contributed by atoms with van der Waals surface area (Å²) in [5, 5.41) is 19.3. The minimum Gasteiger partial charge on any atom is -0.423 e. The van der Waals surface area contributed by atoms with Gasteiger partial charge in [0, 0.05) is 23.6 Å². The maximum absolute atomic E-state index is 14.8. The van der Waals surface area contributed by atoms with Crippen molar-refractivity contribution in [3.8, 4) is 11.1 Å². The zero-order valence-corrected chi connectivity index (χ0v) is 17.4. The highest BCUT2D eigenvalue weighted by Crippen LogP contribution is 2.41. The number of aliphatic hydroxyl groups is 1.